The normalized spacial score (nSPS) is 16.7. The number of pyridine rings is 1. The highest BCUT2D eigenvalue weighted by Crippen LogP contribution is 2.27. The predicted molar refractivity (Wildman–Crippen MR) is 54.8 cm³/mol. The standard InChI is InChI=1S/C11H16N2/c1-13(9-10-3-2-4-10)11-5-7-12-8-6-11/h5-8,10H,2-4,9H2,1H3. The molecule has 0 bridgehead atoms. The quantitative estimate of drug-likeness (QED) is 0.702. The number of rotatable bonds is 3. The molecule has 1 aromatic rings. The fourth-order valence-corrected chi connectivity index (χ4v) is 1.77. The van der Waals surface area contributed by atoms with E-state index in [0.717, 1.165) is 5.92 Å². The zero-order valence-corrected chi connectivity index (χ0v) is 8.11. The van der Waals surface area contributed by atoms with Gasteiger partial charge in [0.2, 0.25) is 0 Å². The van der Waals surface area contributed by atoms with E-state index in [-0.39, 0.29) is 0 Å². The summed E-state index contributed by atoms with van der Waals surface area (Å²) in [6, 6.07) is 4.14. The smallest absolute Gasteiger partial charge is 0.0394 e. The monoisotopic (exact) mass is 176 g/mol. The second-order valence-electron chi connectivity index (χ2n) is 3.88. The fourth-order valence-electron chi connectivity index (χ4n) is 1.77. The molecule has 0 amide bonds. The van der Waals surface area contributed by atoms with Crippen molar-refractivity contribution in [3.63, 3.8) is 0 Å². The van der Waals surface area contributed by atoms with Gasteiger partial charge in [-0.25, -0.2) is 0 Å². The van der Waals surface area contributed by atoms with Crippen molar-refractivity contribution in [2.45, 2.75) is 19.3 Å². The molecule has 1 fully saturated rings. The lowest BCUT2D eigenvalue weighted by Crippen LogP contribution is -2.29. The van der Waals surface area contributed by atoms with Gasteiger partial charge in [0, 0.05) is 31.7 Å². The van der Waals surface area contributed by atoms with E-state index in [9.17, 15) is 0 Å². The molecule has 0 atom stereocenters. The molecule has 2 heteroatoms. The van der Waals surface area contributed by atoms with E-state index in [1.807, 2.05) is 12.4 Å². The first-order chi connectivity index (χ1) is 6.36. The zero-order chi connectivity index (χ0) is 9.10. The molecule has 2 nitrogen and oxygen atoms in total. The Kier molecular flexibility index (Phi) is 2.48. The van der Waals surface area contributed by atoms with E-state index >= 15 is 0 Å². The first kappa shape index (κ1) is 8.54. The van der Waals surface area contributed by atoms with Crippen LogP contribution in [0.25, 0.3) is 0 Å². The number of hydrogen-bond acceptors (Lipinski definition) is 2. The van der Waals surface area contributed by atoms with Crippen molar-refractivity contribution >= 4 is 5.69 Å². The number of anilines is 1. The van der Waals surface area contributed by atoms with Gasteiger partial charge in [0.25, 0.3) is 0 Å². The molecule has 0 aliphatic heterocycles. The van der Waals surface area contributed by atoms with Gasteiger partial charge in [0.05, 0.1) is 0 Å². The van der Waals surface area contributed by atoms with Crippen molar-refractivity contribution in [3.8, 4) is 0 Å². The minimum absolute atomic E-state index is 0.929. The molecule has 0 N–H and O–H groups in total. The molecule has 1 heterocycles. The summed E-state index contributed by atoms with van der Waals surface area (Å²) in [6.45, 7) is 1.20. The maximum atomic E-state index is 4.01. The summed E-state index contributed by atoms with van der Waals surface area (Å²) in [4.78, 5) is 6.34. The molecular weight excluding hydrogens is 160 g/mol. The van der Waals surface area contributed by atoms with E-state index in [2.05, 4.69) is 29.1 Å². The predicted octanol–water partition coefficient (Wildman–Crippen LogP) is 2.32. The van der Waals surface area contributed by atoms with Gasteiger partial charge in [-0.15, -0.1) is 0 Å². The van der Waals surface area contributed by atoms with E-state index < -0.39 is 0 Å². The third kappa shape index (κ3) is 2.00. The van der Waals surface area contributed by atoms with E-state index in [1.54, 1.807) is 0 Å². The highest BCUT2D eigenvalue weighted by atomic mass is 15.1. The molecule has 1 aliphatic rings. The molecule has 1 aromatic heterocycles. The van der Waals surface area contributed by atoms with E-state index in [0.29, 0.717) is 0 Å². The Morgan fingerprint density at radius 3 is 2.62 bits per heavy atom. The Balaban J connectivity index is 1.92. The van der Waals surface area contributed by atoms with Crippen LogP contribution >= 0.6 is 0 Å². The molecule has 0 radical (unpaired) electrons. The Morgan fingerprint density at radius 2 is 2.08 bits per heavy atom. The van der Waals surface area contributed by atoms with E-state index in [1.165, 1.54) is 31.5 Å². The van der Waals surface area contributed by atoms with Gasteiger partial charge in [0.15, 0.2) is 0 Å². The summed E-state index contributed by atoms with van der Waals surface area (Å²) in [5, 5.41) is 0. The van der Waals surface area contributed by atoms with Crippen LogP contribution in [-0.4, -0.2) is 18.6 Å². The summed E-state index contributed by atoms with van der Waals surface area (Å²) in [5.74, 6) is 0.929. The molecule has 0 saturated heterocycles. The summed E-state index contributed by atoms with van der Waals surface area (Å²) < 4.78 is 0. The molecule has 0 aromatic carbocycles. The lowest BCUT2D eigenvalue weighted by Gasteiger charge is -2.31. The van der Waals surface area contributed by atoms with Gasteiger partial charge in [-0.3, -0.25) is 4.98 Å². The first-order valence-corrected chi connectivity index (χ1v) is 4.97. The largest absolute Gasteiger partial charge is 0.374 e. The topological polar surface area (TPSA) is 16.1 Å². The minimum atomic E-state index is 0.929. The molecular formula is C11H16N2. The molecule has 0 unspecified atom stereocenters. The average Bonchev–Trinajstić information content (AvgIpc) is 2.12. The second kappa shape index (κ2) is 3.77. The number of nitrogens with zero attached hydrogens (tertiary/aromatic N) is 2. The van der Waals surface area contributed by atoms with Crippen LogP contribution in [0.15, 0.2) is 24.5 Å². The number of aromatic nitrogens is 1. The summed E-state index contributed by atoms with van der Waals surface area (Å²) in [5.41, 5.74) is 1.28. The van der Waals surface area contributed by atoms with Crippen molar-refractivity contribution in [1.29, 1.82) is 0 Å². The van der Waals surface area contributed by atoms with Gasteiger partial charge in [-0.2, -0.15) is 0 Å². The van der Waals surface area contributed by atoms with Crippen LogP contribution in [0.1, 0.15) is 19.3 Å². The van der Waals surface area contributed by atoms with Crippen LogP contribution < -0.4 is 4.90 Å². The van der Waals surface area contributed by atoms with Gasteiger partial charge < -0.3 is 4.90 Å². The first-order valence-electron chi connectivity index (χ1n) is 4.97. The Hall–Kier alpha value is -1.05. The van der Waals surface area contributed by atoms with Gasteiger partial charge in [-0.05, 0) is 30.9 Å². The molecule has 13 heavy (non-hydrogen) atoms. The lowest BCUT2D eigenvalue weighted by molar-refractivity contribution is 0.321. The van der Waals surface area contributed by atoms with Crippen molar-refractivity contribution in [2.75, 3.05) is 18.5 Å². The van der Waals surface area contributed by atoms with Crippen molar-refractivity contribution in [2.24, 2.45) is 5.92 Å². The van der Waals surface area contributed by atoms with Crippen molar-refractivity contribution in [1.82, 2.24) is 4.98 Å². The van der Waals surface area contributed by atoms with Crippen LogP contribution in [0.3, 0.4) is 0 Å². The number of hydrogen-bond donors (Lipinski definition) is 0. The SMILES string of the molecule is CN(CC1CCC1)c1ccncc1. The summed E-state index contributed by atoms with van der Waals surface area (Å²) in [7, 11) is 2.16. The average molecular weight is 176 g/mol. The van der Waals surface area contributed by atoms with Gasteiger partial charge in [-0.1, -0.05) is 6.42 Å². The highest BCUT2D eigenvalue weighted by Gasteiger charge is 2.18. The Bertz CT molecular complexity index is 254. The van der Waals surface area contributed by atoms with Gasteiger partial charge >= 0.3 is 0 Å². The Morgan fingerprint density at radius 1 is 1.38 bits per heavy atom. The summed E-state index contributed by atoms with van der Waals surface area (Å²) >= 11 is 0. The second-order valence-corrected chi connectivity index (χ2v) is 3.88. The summed E-state index contributed by atoms with van der Waals surface area (Å²) in [6.07, 6.45) is 7.96. The van der Waals surface area contributed by atoms with Crippen LogP contribution in [0, 0.1) is 5.92 Å². The molecule has 1 saturated carbocycles. The molecule has 70 valence electrons. The lowest BCUT2D eigenvalue weighted by atomic mass is 9.85. The van der Waals surface area contributed by atoms with Gasteiger partial charge in [0.1, 0.15) is 0 Å². The maximum absolute atomic E-state index is 4.01. The van der Waals surface area contributed by atoms with Crippen molar-refractivity contribution in [3.05, 3.63) is 24.5 Å². The van der Waals surface area contributed by atoms with Crippen LogP contribution in [0.4, 0.5) is 5.69 Å². The van der Waals surface area contributed by atoms with Crippen LogP contribution in [0.2, 0.25) is 0 Å². The maximum Gasteiger partial charge on any atom is 0.0394 e. The van der Waals surface area contributed by atoms with Crippen LogP contribution in [0.5, 0.6) is 0 Å². The highest BCUT2D eigenvalue weighted by molar-refractivity contribution is 5.43. The van der Waals surface area contributed by atoms with Crippen LogP contribution in [-0.2, 0) is 0 Å². The Labute approximate surface area is 79.6 Å². The zero-order valence-electron chi connectivity index (χ0n) is 8.11. The van der Waals surface area contributed by atoms with E-state index in [4.69, 9.17) is 0 Å². The van der Waals surface area contributed by atoms with Crippen molar-refractivity contribution < 1.29 is 0 Å². The fraction of sp³-hybridized carbons (Fsp3) is 0.545. The molecule has 1 aliphatic carbocycles. The molecule has 2 rings (SSSR count). The third-order valence-electron chi connectivity index (χ3n) is 2.86. The third-order valence-corrected chi connectivity index (χ3v) is 2.86. The minimum Gasteiger partial charge on any atom is -0.374 e. The molecule has 0 spiro atoms.